The third-order valence-corrected chi connectivity index (χ3v) is 4.25. The van der Waals surface area contributed by atoms with Gasteiger partial charge in [-0.15, -0.1) is 11.3 Å². The third kappa shape index (κ3) is 3.36. The average molecular weight is 354 g/mol. The lowest BCUT2D eigenvalue weighted by Gasteiger charge is -2.08. The summed E-state index contributed by atoms with van der Waals surface area (Å²) >= 11 is 1.42. The van der Waals surface area contributed by atoms with Crippen molar-refractivity contribution in [3.8, 4) is 17.6 Å². The summed E-state index contributed by atoms with van der Waals surface area (Å²) < 4.78 is 11.8. The Morgan fingerprint density at radius 2 is 2.24 bits per heavy atom. The fourth-order valence-corrected chi connectivity index (χ4v) is 3.06. The minimum atomic E-state index is -0.207. The highest BCUT2D eigenvalue weighted by molar-refractivity contribution is 7.16. The minimum absolute atomic E-state index is 0.0648. The van der Waals surface area contributed by atoms with Gasteiger partial charge in [-0.1, -0.05) is 0 Å². The Kier molecular flexibility index (Phi) is 4.77. The Bertz CT molecular complexity index is 1050. The number of nitriles is 1. The Labute approximate surface area is 147 Å². The van der Waals surface area contributed by atoms with Gasteiger partial charge in [-0.2, -0.15) is 15.0 Å². The summed E-state index contributed by atoms with van der Waals surface area (Å²) in [5.74, 6) is 1.46. The number of hydrogen-bond donors (Lipinski definition) is 0. The molecule has 0 aliphatic carbocycles. The molecule has 0 bridgehead atoms. The summed E-state index contributed by atoms with van der Waals surface area (Å²) in [5, 5.41) is 15.2. The van der Waals surface area contributed by atoms with E-state index < -0.39 is 0 Å². The van der Waals surface area contributed by atoms with Crippen LogP contribution in [0.1, 0.15) is 11.4 Å². The number of ether oxygens (including phenoxy) is 2. The summed E-state index contributed by atoms with van der Waals surface area (Å²) in [4.78, 5) is 17.6. The van der Waals surface area contributed by atoms with Crippen LogP contribution in [0.3, 0.4) is 0 Å². The lowest BCUT2D eigenvalue weighted by Crippen LogP contribution is -2.19. The fourth-order valence-electron chi connectivity index (χ4n) is 2.26. The average Bonchev–Trinajstić information content (AvgIpc) is 3.08. The van der Waals surface area contributed by atoms with E-state index in [0.717, 1.165) is 5.56 Å². The second-order valence-corrected chi connectivity index (χ2v) is 5.91. The zero-order valence-electron chi connectivity index (χ0n) is 13.6. The monoisotopic (exact) mass is 354 g/mol. The molecule has 0 aliphatic heterocycles. The van der Waals surface area contributed by atoms with Gasteiger partial charge in [0.2, 0.25) is 0 Å². The molecule has 1 aromatic carbocycles. The van der Waals surface area contributed by atoms with Gasteiger partial charge in [-0.05, 0) is 42.1 Å². The molecule has 8 heteroatoms. The van der Waals surface area contributed by atoms with Crippen LogP contribution in [-0.4, -0.2) is 29.6 Å². The van der Waals surface area contributed by atoms with Gasteiger partial charge >= 0.3 is 0 Å². The second kappa shape index (κ2) is 7.15. The van der Waals surface area contributed by atoms with E-state index in [1.165, 1.54) is 23.1 Å². The molecule has 0 atom stereocenters. The molecule has 126 valence electrons. The minimum Gasteiger partial charge on any atom is -0.493 e. The van der Waals surface area contributed by atoms with E-state index in [9.17, 15) is 4.79 Å². The highest BCUT2D eigenvalue weighted by atomic mass is 32.1. The molecule has 0 fully saturated rings. The molecular weight excluding hydrogens is 340 g/mol. The van der Waals surface area contributed by atoms with Crippen LogP contribution in [0.2, 0.25) is 0 Å². The molecule has 0 saturated carbocycles. The van der Waals surface area contributed by atoms with Crippen LogP contribution >= 0.6 is 11.3 Å². The molecule has 0 aliphatic rings. The van der Waals surface area contributed by atoms with Gasteiger partial charge < -0.3 is 9.47 Å². The first-order chi connectivity index (χ1) is 12.1. The van der Waals surface area contributed by atoms with Crippen LogP contribution in [0.5, 0.6) is 11.5 Å². The first-order valence-electron chi connectivity index (χ1n) is 7.33. The van der Waals surface area contributed by atoms with Gasteiger partial charge in [0.15, 0.2) is 18.1 Å². The zero-order valence-corrected chi connectivity index (χ0v) is 14.4. The molecule has 0 unspecified atom stereocenters. The molecule has 3 rings (SSSR count). The highest BCUT2D eigenvalue weighted by Gasteiger charge is 2.08. The number of thiophene rings is 1. The molecule has 0 saturated heterocycles. The highest BCUT2D eigenvalue weighted by Crippen LogP contribution is 2.27. The second-order valence-electron chi connectivity index (χ2n) is 5.02. The largest absolute Gasteiger partial charge is 0.493 e. The number of fused-ring (bicyclic) bond motifs is 1. The van der Waals surface area contributed by atoms with Crippen molar-refractivity contribution in [1.82, 2.24) is 9.66 Å². The first kappa shape index (κ1) is 16.7. The van der Waals surface area contributed by atoms with Crippen molar-refractivity contribution in [3.63, 3.8) is 0 Å². The summed E-state index contributed by atoms with van der Waals surface area (Å²) in [7, 11) is 1.51. The summed E-state index contributed by atoms with van der Waals surface area (Å²) in [5.41, 5.74) is 0.513. The Morgan fingerprint density at radius 1 is 1.40 bits per heavy atom. The molecule has 3 aromatic rings. The van der Waals surface area contributed by atoms with E-state index in [0.29, 0.717) is 27.5 Å². The number of nitrogens with zero attached hydrogens (tertiary/aromatic N) is 4. The van der Waals surface area contributed by atoms with Crippen LogP contribution < -0.4 is 15.0 Å². The van der Waals surface area contributed by atoms with Crippen molar-refractivity contribution in [3.05, 3.63) is 51.4 Å². The van der Waals surface area contributed by atoms with Crippen molar-refractivity contribution in [2.24, 2.45) is 5.10 Å². The van der Waals surface area contributed by atoms with Crippen molar-refractivity contribution >= 4 is 27.8 Å². The first-order valence-corrected chi connectivity index (χ1v) is 8.21. The number of aromatic nitrogens is 2. The number of hydrogen-bond acceptors (Lipinski definition) is 7. The lowest BCUT2D eigenvalue weighted by atomic mass is 10.2. The molecule has 0 radical (unpaired) electrons. The Morgan fingerprint density at radius 3 is 3.00 bits per heavy atom. The maximum Gasteiger partial charge on any atom is 0.282 e. The molecule has 7 nitrogen and oxygen atoms in total. The van der Waals surface area contributed by atoms with Gasteiger partial charge in [0.05, 0.1) is 18.7 Å². The van der Waals surface area contributed by atoms with Crippen LogP contribution in [-0.2, 0) is 0 Å². The van der Waals surface area contributed by atoms with E-state index in [2.05, 4.69) is 10.1 Å². The number of methoxy groups -OCH3 is 1. The van der Waals surface area contributed by atoms with E-state index >= 15 is 0 Å². The topological polar surface area (TPSA) is 89.5 Å². The van der Waals surface area contributed by atoms with Crippen LogP contribution in [0.15, 0.2) is 39.5 Å². The number of aryl methyl sites for hydroxylation is 1. The number of benzene rings is 1. The molecule has 2 heterocycles. The number of rotatable bonds is 5. The fraction of sp³-hybridized carbons (Fsp3) is 0.176. The molecule has 0 amide bonds. The van der Waals surface area contributed by atoms with E-state index in [1.54, 1.807) is 37.4 Å². The van der Waals surface area contributed by atoms with Gasteiger partial charge in [-0.25, -0.2) is 4.98 Å². The van der Waals surface area contributed by atoms with Crippen LogP contribution in [0, 0.1) is 18.3 Å². The summed E-state index contributed by atoms with van der Waals surface area (Å²) in [6.07, 6.45) is 1.55. The van der Waals surface area contributed by atoms with Crippen molar-refractivity contribution in [1.29, 1.82) is 5.26 Å². The quantitative estimate of drug-likeness (QED) is 0.657. The summed E-state index contributed by atoms with van der Waals surface area (Å²) in [6, 6.07) is 8.81. The SMILES string of the molecule is COc1cc(C=Nn2c(C)nc3sccc3c2=O)ccc1OCC#N. The van der Waals surface area contributed by atoms with Gasteiger partial charge in [-0.3, -0.25) is 4.79 Å². The van der Waals surface area contributed by atoms with Crippen molar-refractivity contribution < 1.29 is 9.47 Å². The zero-order chi connectivity index (χ0) is 17.8. The predicted octanol–water partition coefficient (Wildman–Crippen LogP) is 2.56. The summed E-state index contributed by atoms with van der Waals surface area (Å²) in [6.45, 7) is 1.67. The van der Waals surface area contributed by atoms with Crippen LogP contribution in [0.4, 0.5) is 0 Å². The lowest BCUT2D eigenvalue weighted by molar-refractivity contribution is 0.329. The van der Waals surface area contributed by atoms with E-state index in [4.69, 9.17) is 14.7 Å². The molecule has 0 N–H and O–H groups in total. The maximum atomic E-state index is 12.5. The van der Waals surface area contributed by atoms with E-state index in [1.807, 2.05) is 11.4 Å². The molecule has 0 spiro atoms. The van der Waals surface area contributed by atoms with Gasteiger partial charge in [0.1, 0.15) is 16.7 Å². The van der Waals surface area contributed by atoms with Crippen LogP contribution in [0.25, 0.3) is 10.2 Å². The van der Waals surface area contributed by atoms with Gasteiger partial charge in [0.25, 0.3) is 5.56 Å². The standard InChI is InChI=1S/C17H14N4O3S/c1-11-20-16-13(5-8-25-16)17(22)21(11)19-10-12-3-4-14(24-7-6-18)15(9-12)23-2/h3-5,8-10H,7H2,1-2H3. The molecule has 2 aromatic heterocycles. The predicted molar refractivity (Wildman–Crippen MR) is 95.7 cm³/mol. The molecular formula is C17H14N4O3S. The van der Waals surface area contributed by atoms with E-state index in [-0.39, 0.29) is 12.2 Å². The molecule has 25 heavy (non-hydrogen) atoms. The van der Waals surface area contributed by atoms with Crippen molar-refractivity contribution in [2.45, 2.75) is 6.92 Å². The third-order valence-electron chi connectivity index (χ3n) is 3.44. The normalized spacial score (nSPS) is 10.9. The van der Waals surface area contributed by atoms with Gasteiger partial charge in [0, 0.05) is 0 Å². The smallest absolute Gasteiger partial charge is 0.282 e. The maximum absolute atomic E-state index is 12.5. The Balaban J connectivity index is 1.95. The van der Waals surface area contributed by atoms with Crippen molar-refractivity contribution in [2.75, 3.05) is 13.7 Å². The Hall–Kier alpha value is -3.18.